The summed E-state index contributed by atoms with van der Waals surface area (Å²) in [5.74, 6) is -0.269. The number of rotatable bonds is 5. The molecule has 1 aromatic rings. The first-order chi connectivity index (χ1) is 6.77. The zero-order valence-electron chi connectivity index (χ0n) is 8.13. The minimum Gasteiger partial charge on any atom is -0.491 e. The van der Waals surface area contributed by atoms with Crippen LogP contribution in [0, 0.1) is 5.82 Å². The third-order valence-corrected chi connectivity index (χ3v) is 1.85. The highest BCUT2D eigenvalue weighted by Gasteiger charge is 2.03. The maximum atomic E-state index is 13.2. The third-order valence-electron chi connectivity index (χ3n) is 1.85. The average molecular weight is 196 g/mol. The fourth-order valence-corrected chi connectivity index (χ4v) is 1.03. The smallest absolute Gasteiger partial charge is 0.165 e. The Balaban J connectivity index is 2.64. The molecule has 2 nitrogen and oxygen atoms in total. The highest BCUT2D eigenvalue weighted by atomic mass is 19.1. The largest absolute Gasteiger partial charge is 0.491 e. The minimum absolute atomic E-state index is 0.212. The van der Waals surface area contributed by atoms with E-state index in [2.05, 4.69) is 0 Å². The number of benzene rings is 1. The number of hydrogen-bond acceptors (Lipinski definition) is 2. The Kier molecular flexibility index (Phi) is 4.11. The van der Waals surface area contributed by atoms with Gasteiger partial charge in [-0.05, 0) is 24.6 Å². The summed E-state index contributed by atoms with van der Waals surface area (Å²) < 4.78 is 18.4. The van der Waals surface area contributed by atoms with Crippen molar-refractivity contribution in [2.45, 2.75) is 19.8 Å². The molecular formula is C11H13FO2. The molecule has 0 unspecified atom stereocenters. The van der Waals surface area contributed by atoms with Gasteiger partial charge in [0.05, 0.1) is 6.61 Å². The lowest BCUT2D eigenvalue weighted by atomic mass is 10.2. The van der Waals surface area contributed by atoms with Crippen LogP contribution >= 0.6 is 0 Å². The van der Waals surface area contributed by atoms with E-state index in [1.165, 1.54) is 18.2 Å². The average Bonchev–Trinajstić information content (AvgIpc) is 2.20. The van der Waals surface area contributed by atoms with Gasteiger partial charge in [0.2, 0.25) is 0 Å². The van der Waals surface area contributed by atoms with Crippen molar-refractivity contribution >= 4 is 6.29 Å². The summed E-state index contributed by atoms with van der Waals surface area (Å²) in [5.41, 5.74) is 0.324. The molecule has 0 amide bonds. The van der Waals surface area contributed by atoms with E-state index in [0.717, 1.165) is 12.8 Å². The number of halogens is 1. The Morgan fingerprint density at radius 2 is 2.29 bits per heavy atom. The lowest BCUT2D eigenvalue weighted by molar-refractivity contribution is 0.112. The monoisotopic (exact) mass is 196 g/mol. The van der Waals surface area contributed by atoms with Gasteiger partial charge in [0.1, 0.15) is 6.29 Å². The summed E-state index contributed by atoms with van der Waals surface area (Å²) in [4.78, 5) is 10.3. The molecule has 14 heavy (non-hydrogen) atoms. The standard InChI is InChI=1S/C11H13FO2/c1-2-3-6-14-11-5-4-9(8-13)7-10(11)12/h4-5,7-8H,2-3,6H2,1H3. The molecule has 0 N–H and O–H groups in total. The first kappa shape index (κ1) is 10.7. The van der Waals surface area contributed by atoms with E-state index in [9.17, 15) is 9.18 Å². The van der Waals surface area contributed by atoms with E-state index in [-0.39, 0.29) is 5.75 Å². The number of carbonyl (C=O) groups excluding carboxylic acids is 1. The molecule has 0 saturated carbocycles. The molecular weight excluding hydrogens is 183 g/mol. The summed E-state index contributed by atoms with van der Waals surface area (Å²) >= 11 is 0. The molecule has 1 rings (SSSR count). The lowest BCUT2D eigenvalue weighted by Gasteiger charge is -2.06. The van der Waals surface area contributed by atoms with Crippen LogP contribution in [0.3, 0.4) is 0 Å². The van der Waals surface area contributed by atoms with Gasteiger partial charge in [-0.25, -0.2) is 4.39 Å². The van der Waals surface area contributed by atoms with Gasteiger partial charge in [-0.2, -0.15) is 0 Å². The lowest BCUT2D eigenvalue weighted by Crippen LogP contribution is -1.99. The first-order valence-corrected chi connectivity index (χ1v) is 4.65. The van der Waals surface area contributed by atoms with Crippen LogP contribution in [0.25, 0.3) is 0 Å². The van der Waals surface area contributed by atoms with Crippen molar-refractivity contribution in [2.75, 3.05) is 6.61 Å². The van der Waals surface area contributed by atoms with E-state index in [1.807, 2.05) is 6.92 Å². The molecule has 0 aliphatic carbocycles. The fraction of sp³-hybridized carbons (Fsp3) is 0.364. The number of hydrogen-bond donors (Lipinski definition) is 0. The van der Waals surface area contributed by atoms with Gasteiger partial charge in [-0.3, -0.25) is 4.79 Å². The molecule has 0 bridgehead atoms. The second-order valence-corrected chi connectivity index (χ2v) is 3.01. The maximum absolute atomic E-state index is 13.2. The Hall–Kier alpha value is -1.38. The van der Waals surface area contributed by atoms with Gasteiger partial charge < -0.3 is 4.74 Å². The molecule has 76 valence electrons. The van der Waals surface area contributed by atoms with Crippen LogP contribution < -0.4 is 4.74 Å². The summed E-state index contributed by atoms with van der Waals surface area (Å²) in [7, 11) is 0. The van der Waals surface area contributed by atoms with Gasteiger partial charge in [-0.15, -0.1) is 0 Å². The second-order valence-electron chi connectivity index (χ2n) is 3.01. The van der Waals surface area contributed by atoms with Gasteiger partial charge >= 0.3 is 0 Å². The molecule has 0 spiro atoms. The molecule has 3 heteroatoms. The quantitative estimate of drug-likeness (QED) is 0.534. The maximum Gasteiger partial charge on any atom is 0.165 e. The molecule has 1 aromatic carbocycles. The third kappa shape index (κ3) is 2.83. The van der Waals surface area contributed by atoms with Crippen LogP contribution in [0.5, 0.6) is 5.75 Å². The Labute approximate surface area is 82.7 Å². The Bertz CT molecular complexity index is 310. The number of unbranched alkanes of at least 4 members (excludes halogenated alkanes) is 1. The molecule has 0 fully saturated rings. The summed E-state index contributed by atoms with van der Waals surface area (Å²) in [6.45, 7) is 2.54. The molecule has 0 heterocycles. The summed E-state index contributed by atoms with van der Waals surface area (Å²) in [5, 5.41) is 0. The van der Waals surface area contributed by atoms with Crippen LogP contribution in [0.4, 0.5) is 4.39 Å². The molecule has 0 atom stereocenters. The molecule has 0 aromatic heterocycles. The van der Waals surface area contributed by atoms with E-state index in [4.69, 9.17) is 4.74 Å². The van der Waals surface area contributed by atoms with Gasteiger partial charge in [-0.1, -0.05) is 13.3 Å². The number of aldehydes is 1. The predicted molar refractivity (Wildman–Crippen MR) is 52.2 cm³/mol. The topological polar surface area (TPSA) is 26.3 Å². The SMILES string of the molecule is CCCCOc1ccc(C=O)cc1F. The van der Waals surface area contributed by atoms with Crippen LogP contribution in [-0.4, -0.2) is 12.9 Å². The molecule has 0 aliphatic rings. The van der Waals surface area contributed by atoms with Gasteiger partial charge in [0, 0.05) is 5.56 Å². The van der Waals surface area contributed by atoms with Crippen LogP contribution in [0.1, 0.15) is 30.1 Å². The van der Waals surface area contributed by atoms with E-state index in [0.29, 0.717) is 18.5 Å². The van der Waals surface area contributed by atoms with Crippen molar-refractivity contribution in [1.29, 1.82) is 0 Å². The summed E-state index contributed by atoms with van der Waals surface area (Å²) in [6, 6.07) is 4.19. The Morgan fingerprint density at radius 3 is 2.86 bits per heavy atom. The highest BCUT2D eigenvalue weighted by Crippen LogP contribution is 2.17. The molecule has 0 radical (unpaired) electrons. The van der Waals surface area contributed by atoms with Crippen LogP contribution in [0.15, 0.2) is 18.2 Å². The van der Waals surface area contributed by atoms with Crippen molar-refractivity contribution in [3.63, 3.8) is 0 Å². The van der Waals surface area contributed by atoms with Gasteiger partial charge in [0.25, 0.3) is 0 Å². The second kappa shape index (κ2) is 5.37. The van der Waals surface area contributed by atoms with Crippen molar-refractivity contribution in [3.05, 3.63) is 29.6 Å². The van der Waals surface area contributed by atoms with Crippen molar-refractivity contribution in [1.82, 2.24) is 0 Å². The van der Waals surface area contributed by atoms with E-state index < -0.39 is 5.82 Å². The van der Waals surface area contributed by atoms with Crippen molar-refractivity contribution in [3.8, 4) is 5.75 Å². The fourth-order valence-electron chi connectivity index (χ4n) is 1.03. The highest BCUT2D eigenvalue weighted by molar-refractivity contribution is 5.74. The van der Waals surface area contributed by atoms with Crippen LogP contribution in [0.2, 0.25) is 0 Å². The molecule has 0 saturated heterocycles. The summed E-state index contributed by atoms with van der Waals surface area (Å²) in [6.07, 6.45) is 2.52. The van der Waals surface area contributed by atoms with Crippen molar-refractivity contribution < 1.29 is 13.9 Å². The first-order valence-electron chi connectivity index (χ1n) is 4.65. The number of ether oxygens (including phenoxy) is 1. The minimum atomic E-state index is -0.481. The van der Waals surface area contributed by atoms with E-state index in [1.54, 1.807) is 0 Å². The molecule has 0 aliphatic heterocycles. The predicted octanol–water partition coefficient (Wildman–Crippen LogP) is 2.82. The van der Waals surface area contributed by atoms with Gasteiger partial charge in [0.15, 0.2) is 11.6 Å². The Morgan fingerprint density at radius 1 is 1.50 bits per heavy atom. The zero-order chi connectivity index (χ0) is 10.4. The number of carbonyl (C=O) groups is 1. The normalized spacial score (nSPS) is 9.86. The van der Waals surface area contributed by atoms with Crippen LogP contribution in [-0.2, 0) is 0 Å². The zero-order valence-corrected chi connectivity index (χ0v) is 8.13. The van der Waals surface area contributed by atoms with E-state index >= 15 is 0 Å². The van der Waals surface area contributed by atoms with Crippen molar-refractivity contribution in [2.24, 2.45) is 0 Å².